The highest BCUT2D eigenvalue weighted by Gasteiger charge is 2.17. The average Bonchev–Trinajstić information content (AvgIpc) is 2.37. The number of rotatable bonds is 9. The molecule has 0 aliphatic carbocycles. The van der Waals surface area contributed by atoms with Crippen LogP contribution in [0.2, 0.25) is 0 Å². The monoisotopic (exact) mass is 266 g/mol. The second kappa shape index (κ2) is 9.86. The van der Waals surface area contributed by atoms with Crippen molar-refractivity contribution in [2.75, 3.05) is 32.7 Å². The smallest absolute Gasteiger partial charge is 0.317 e. The topological polar surface area (TPSA) is 108 Å². The molecule has 0 fully saturated rings. The Labute approximate surface area is 112 Å². The molecule has 104 valence electrons. The molecule has 0 aromatic rings. The second-order valence-corrected chi connectivity index (χ2v) is 3.89. The Bertz CT molecular complexity index is 365. The first-order valence-electron chi connectivity index (χ1n) is 6.01. The van der Waals surface area contributed by atoms with Gasteiger partial charge in [0.2, 0.25) is 5.91 Å². The molecule has 0 spiro atoms. The Hall–Kier alpha value is -2.12. The van der Waals surface area contributed by atoms with Gasteiger partial charge in [0.1, 0.15) is 0 Å². The Morgan fingerprint density at radius 2 is 1.63 bits per heavy atom. The van der Waals surface area contributed by atoms with E-state index in [0.29, 0.717) is 6.54 Å². The summed E-state index contributed by atoms with van der Waals surface area (Å²) in [6.45, 7) is 2.53. The predicted molar refractivity (Wildman–Crippen MR) is 66.8 cm³/mol. The summed E-state index contributed by atoms with van der Waals surface area (Å²) in [6, 6.07) is 3.89. The van der Waals surface area contributed by atoms with Gasteiger partial charge in [-0.25, -0.2) is 0 Å². The first-order valence-corrected chi connectivity index (χ1v) is 6.01. The lowest BCUT2D eigenvalue weighted by Gasteiger charge is -2.24. The van der Waals surface area contributed by atoms with Crippen LogP contribution < -0.4 is 0 Å². The molecule has 7 nitrogen and oxygen atoms in total. The zero-order valence-corrected chi connectivity index (χ0v) is 11.0. The zero-order valence-electron chi connectivity index (χ0n) is 11.0. The van der Waals surface area contributed by atoms with E-state index in [-0.39, 0.29) is 44.9 Å². The molecule has 7 heteroatoms. The minimum atomic E-state index is -0.991. The van der Waals surface area contributed by atoms with Crippen LogP contribution in [0.5, 0.6) is 0 Å². The molecular weight excluding hydrogens is 248 g/mol. The number of likely N-dealkylation sites (N-methyl/N-ethyl adjacent to an activating group) is 1. The summed E-state index contributed by atoms with van der Waals surface area (Å²) in [6.07, 6.45) is 0.393. The van der Waals surface area contributed by atoms with Crippen molar-refractivity contribution in [1.29, 1.82) is 10.5 Å². The van der Waals surface area contributed by atoms with Crippen LogP contribution in [0.25, 0.3) is 0 Å². The van der Waals surface area contributed by atoms with Gasteiger partial charge in [-0.3, -0.25) is 14.5 Å². The highest BCUT2D eigenvalue weighted by atomic mass is 16.4. The molecule has 0 heterocycles. The number of aliphatic carboxylic acids is 1. The molecule has 0 aromatic carbocycles. The first kappa shape index (κ1) is 16.9. The third-order valence-corrected chi connectivity index (χ3v) is 2.50. The molecule has 0 aliphatic rings. The highest BCUT2D eigenvalue weighted by molar-refractivity contribution is 5.79. The van der Waals surface area contributed by atoms with Crippen LogP contribution in [0.4, 0.5) is 0 Å². The quantitative estimate of drug-likeness (QED) is 0.631. The Kier molecular flexibility index (Phi) is 8.76. The van der Waals surface area contributed by atoms with Crippen LogP contribution >= 0.6 is 0 Å². The van der Waals surface area contributed by atoms with Crippen molar-refractivity contribution in [1.82, 2.24) is 9.80 Å². The molecule has 0 rings (SSSR count). The lowest BCUT2D eigenvalue weighted by molar-refractivity contribution is -0.139. The fraction of sp³-hybridized carbons (Fsp3) is 0.667. The fourth-order valence-corrected chi connectivity index (χ4v) is 1.49. The molecule has 0 radical (unpaired) electrons. The number of amides is 1. The maximum absolute atomic E-state index is 12.0. The van der Waals surface area contributed by atoms with Crippen molar-refractivity contribution >= 4 is 11.9 Å². The molecule has 0 saturated heterocycles. The van der Waals surface area contributed by atoms with Gasteiger partial charge in [0.05, 0.1) is 38.1 Å². The van der Waals surface area contributed by atoms with Gasteiger partial charge in [-0.15, -0.1) is 0 Å². The van der Waals surface area contributed by atoms with Gasteiger partial charge in [0.15, 0.2) is 0 Å². The van der Waals surface area contributed by atoms with E-state index in [4.69, 9.17) is 15.6 Å². The molecule has 0 atom stereocenters. The Morgan fingerprint density at radius 3 is 2.00 bits per heavy atom. The normalized spacial score (nSPS) is 9.68. The summed E-state index contributed by atoms with van der Waals surface area (Å²) >= 11 is 0. The average molecular weight is 266 g/mol. The standard InChI is InChI=1S/C12H18N4O3/c1-2-15(10-12(18)19)9-11(17)16(7-3-5-13)8-4-6-14/h2-4,7-10H2,1H3,(H,18,19). The van der Waals surface area contributed by atoms with Crippen molar-refractivity contribution in [2.45, 2.75) is 19.8 Å². The number of carboxylic acid groups (broad SMARTS) is 1. The van der Waals surface area contributed by atoms with E-state index in [1.54, 1.807) is 6.92 Å². The number of carbonyl (C=O) groups excluding carboxylic acids is 1. The predicted octanol–water partition coefficient (Wildman–Crippen LogP) is 0.0489. The van der Waals surface area contributed by atoms with Crippen LogP contribution in [0.15, 0.2) is 0 Å². The number of hydrogen-bond donors (Lipinski definition) is 1. The molecule has 0 unspecified atom stereocenters. The van der Waals surface area contributed by atoms with Gasteiger partial charge in [-0.05, 0) is 6.54 Å². The zero-order chi connectivity index (χ0) is 14.7. The van der Waals surface area contributed by atoms with Crippen molar-refractivity contribution in [3.05, 3.63) is 0 Å². The lowest BCUT2D eigenvalue weighted by atomic mass is 10.3. The highest BCUT2D eigenvalue weighted by Crippen LogP contribution is 1.98. The summed E-state index contributed by atoms with van der Waals surface area (Å²) in [5, 5.41) is 25.8. The van der Waals surface area contributed by atoms with E-state index in [1.807, 2.05) is 12.1 Å². The van der Waals surface area contributed by atoms with Crippen molar-refractivity contribution < 1.29 is 14.7 Å². The molecule has 0 bridgehead atoms. The van der Waals surface area contributed by atoms with E-state index in [0.717, 1.165) is 0 Å². The molecule has 0 saturated carbocycles. The van der Waals surface area contributed by atoms with Gasteiger partial charge in [-0.1, -0.05) is 6.92 Å². The number of nitrogens with zero attached hydrogens (tertiary/aromatic N) is 4. The Balaban J connectivity index is 4.47. The van der Waals surface area contributed by atoms with Gasteiger partial charge in [0, 0.05) is 13.1 Å². The van der Waals surface area contributed by atoms with Crippen LogP contribution in [0.3, 0.4) is 0 Å². The van der Waals surface area contributed by atoms with Crippen molar-refractivity contribution in [2.24, 2.45) is 0 Å². The van der Waals surface area contributed by atoms with E-state index in [2.05, 4.69) is 0 Å². The number of hydrogen-bond acceptors (Lipinski definition) is 5. The molecule has 1 amide bonds. The molecule has 0 aliphatic heterocycles. The Morgan fingerprint density at radius 1 is 1.11 bits per heavy atom. The summed E-state index contributed by atoms with van der Waals surface area (Å²) in [4.78, 5) is 25.5. The molecule has 19 heavy (non-hydrogen) atoms. The van der Waals surface area contributed by atoms with Crippen molar-refractivity contribution in [3.8, 4) is 12.1 Å². The maximum Gasteiger partial charge on any atom is 0.317 e. The van der Waals surface area contributed by atoms with Gasteiger partial charge < -0.3 is 10.0 Å². The van der Waals surface area contributed by atoms with E-state index >= 15 is 0 Å². The summed E-state index contributed by atoms with van der Waals surface area (Å²) < 4.78 is 0. The van der Waals surface area contributed by atoms with Gasteiger partial charge >= 0.3 is 5.97 Å². The van der Waals surface area contributed by atoms with Crippen LogP contribution in [0, 0.1) is 22.7 Å². The minimum Gasteiger partial charge on any atom is -0.480 e. The van der Waals surface area contributed by atoms with Crippen LogP contribution in [-0.2, 0) is 9.59 Å². The van der Waals surface area contributed by atoms with E-state index < -0.39 is 5.97 Å². The van der Waals surface area contributed by atoms with Gasteiger partial charge in [-0.2, -0.15) is 10.5 Å². The first-order chi connectivity index (χ1) is 9.04. The van der Waals surface area contributed by atoms with Crippen LogP contribution in [0.1, 0.15) is 19.8 Å². The van der Waals surface area contributed by atoms with Crippen molar-refractivity contribution in [3.63, 3.8) is 0 Å². The number of carboxylic acids is 1. The third-order valence-electron chi connectivity index (χ3n) is 2.50. The summed E-state index contributed by atoms with van der Waals surface area (Å²) in [5.74, 6) is -1.25. The minimum absolute atomic E-state index is 0.0142. The fourth-order valence-electron chi connectivity index (χ4n) is 1.49. The van der Waals surface area contributed by atoms with Crippen LogP contribution in [-0.4, -0.2) is 59.5 Å². The summed E-state index contributed by atoms with van der Waals surface area (Å²) in [7, 11) is 0. The van der Waals surface area contributed by atoms with E-state index in [1.165, 1.54) is 9.80 Å². The van der Waals surface area contributed by atoms with E-state index in [9.17, 15) is 9.59 Å². The largest absolute Gasteiger partial charge is 0.480 e. The lowest BCUT2D eigenvalue weighted by Crippen LogP contribution is -2.42. The number of nitriles is 2. The molecule has 0 aromatic heterocycles. The molecule has 1 N–H and O–H groups in total. The third kappa shape index (κ3) is 7.74. The maximum atomic E-state index is 12.0. The van der Waals surface area contributed by atoms with Gasteiger partial charge in [0.25, 0.3) is 0 Å². The SMILES string of the molecule is CCN(CC(=O)O)CC(=O)N(CCC#N)CCC#N. The second-order valence-electron chi connectivity index (χ2n) is 3.89. The number of carbonyl (C=O) groups is 2. The molecular formula is C12H18N4O3. The summed E-state index contributed by atoms with van der Waals surface area (Å²) in [5.41, 5.74) is 0.